The van der Waals surface area contributed by atoms with E-state index >= 15 is 0 Å². The molecule has 100 valence electrons. The van der Waals surface area contributed by atoms with Crippen molar-refractivity contribution in [2.75, 3.05) is 18.4 Å². The maximum Gasteiger partial charge on any atom is 0.253 e. The molecular weight excluding hydrogens is 321 g/mol. The summed E-state index contributed by atoms with van der Waals surface area (Å²) in [7, 11) is 0. The van der Waals surface area contributed by atoms with E-state index in [1.165, 1.54) is 12.1 Å². The van der Waals surface area contributed by atoms with Crippen molar-refractivity contribution in [2.45, 2.75) is 19.8 Å². The molecule has 0 saturated heterocycles. The first-order chi connectivity index (χ1) is 8.60. The molecule has 0 aliphatic heterocycles. The molecule has 5 heteroatoms. The summed E-state index contributed by atoms with van der Waals surface area (Å²) in [6.07, 6.45) is 1.95. The molecule has 1 aromatic rings. The molecule has 18 heavy (non-hydrogen) atoms. The molecule has 0 N–H and O–H groups in total. The van der Waals surface area contributed by atoms with E-state index in [9.17, 15) is 9.18 Å². The number of benzene rings is 1. The Morgan fingerprint density at radius 3 is 2.72 bits per heavy atom. The Morgan fingerprint density at radius 2 is 2.17 bits per heavy atom. The van der Waals surface area contributed by atoms with Crippen LogP contribution in [0.25, 0.3) is 0 Å². The quantitative estimate of drug-likeness (QED) is 0.716. The molecular formula is C13H16BrClFNO. The first kappa shape index (κ1) is 15.4. The fourth-order valence-electron chi connectivity index (χ4n) is 1.58. The van der Waals surface area contributed by atoms with Gasteiger partial charge in [0.05, 0.1) is 5.02 Å². The van der Waals surface area contributed by atoms with Crippen LogP contribution in [0.1, 0.15) is 30.1 Å². The van der Waals surface area contributed by atoms with Crippen molar-refractivity contribution in [3.05, 3.63) is 34.6 Å². The molecule has 0 aliphatic rings. The lowest BCUT2D eigenvalue weighted by atomic mass is 10.2. The monoisotopic (exact) mass is 335 g/mol. The number of carbonyl (C=O) groups excluding carboxylic acids is 1. The minimum absolute atomic E-state index is 0.0344. The third kappa shape index (κ3) is 4.25. The number of hydrogen-bond donors (Lipinski definition) is 0. The van der Waals surface area contributed by atoms with Gasteiger partial charge in [0.2, 0.25) is 0 Å². The molecule has 0 aromatic heterocycles. The van der Waals surface area contributed by atoms with Crippen LogP contribution in [-0.2, 0) is 0 Å². The van der Waals surface area contributed by atoms with Gasteiger partial charge >= 0.3 is 0 Å². The summed E-state index contributed by atoms with van der Waals surface area (Å²) in [6, 6.07) is 4.16. The second kappa shape index (κ2) is 7.74. The number of rotatable bonds is 6. The lowest BCUT2D eigenvalue weighted by Gasteiger charge is -2.21. The molecule has 0 unspecified atom stereocenters. The van der Waals surface area contributed by atoms with Crippen LogP contribution in [0.4, 0.5) is 4.39 Å². The lowest BCUT2D eigenvalue weighted by Crippen LogP contribution is -2.33. The molecule has 0 aliphatic carbocycles. The van der Waals surface area contributed by atoms with E-state index in [4.69, 9.17) is 11.6 Å². The van der Waals surface area contributed by atoms with Crippen molar-refractivity contribution in [1.82, 2.24) is 4.90 Å². The van der Waals surface area contributed by atoms with Crippen molar-refractivity contribution in [2.24, 2.45) is 0 Å². The van der Waals surface area contributed by atoms with Gasteiger partial charge in [-0.15, -0.1) is 0 Å². The summed E-state index contributed by atoms with van der Waals surface area (Å²) in [5.41, 5.74) is 0.342. The van der Waals surface area contributed by atoms with Crippen LogP contribution in [-0.4, -0.2) is 29.2 Å². The van der Waals surface area contributed by atoms with Gasteiger partial charge in [0.1, 0.15) is 5.82 Å². The largest absolute Gasteiger partial charge is 0.338 e. The van der Waals surface area contributed by atoms with Crippen molar-refractivity contribution in [3.63, 3.8) is 0 Å². The van der Waals surface area contributed by atoms with Gasteiger partial charge < -0.3 is 4.90 Å². The van der Waals surface area contributed by atoms with Crippen LogP contribution in [0.2, 0.25) is 5.02 Å². The molecule has 1 aromatic carbocycles. The van der Waals surface area contributed by atoms with Gasteiger partial charge in [-0.25, -0.2) is 4.39 Å². The van der Waals surface area contributed by atoms with Gasteiger partial charge in [-0.2, -0.15) is 0 Å². The fraction of sp³-hybridized carbons (Fsp3) is 0.462. The average Bonchev–Trinajstić information content (AvgIpc) is 2.37. The van der Waals surface area contributed by atoms with E-state index < -0.39 is 5.82 Å². The number of amides is 1. The van der Waals surface area contributed by atoms with Crippen molar-refractivity contribution in [3.8, 4) is 0 Å². The predicted octanol–water partition coefficient (Wildman–Crippen LogP) is 4.12. The van der Waals surface area contributed by atoms with Crippen LogP contribution in [0, 0.1) is 5.82 Å². The molecule has 1 amide bonds. The van der Waals surface area contributed by atoms with E-state index in [0.717, 1.165) is 12.8 Å². The Kier molecular flexibility index (Phi) is 6.65. The third-order valence-corrected chi connectivity index (χ3v) is 3.25. The Labute approximate surface area is 120 Å². The topological polar surface area (TPSA) is 20.3 Å². The fourth-order valence-corrected chi connectivity index (χ4v) is 2.12. The summed E-state index contributed by atoms with van der Waals surface area (Å²) in [5, 5.41) is 0.741. The Hall–Kier alpha value is -0.610. The first-order valence-electron chi connectivity index (χ1n) is 5.90. The van der Waals surface area contributed by atoms with Crippen LogP contribution in [0.3, 0.4) is 0 Å². The highest BCUT2D eigenvalue weighted by Crippen LogP contribution is 2.17. The molecule has 2 nitrogen and oxygen atoms in total. The lowest BCUT2D eigenvalue weighted by molar-refractivity contribution is 0.0764. The highest BCUT2D eigenvalue weighted by Gasteiger charge is 2.16. The zero-order chi connectivity index (χ0) is 13.5. The van der Waals surface area contributed by atoms with Crippen molar-refractivity contribution < 1.29 is 9.18 Å². The Morgan fingerprint density at radius 1 is 1.44 bits per heavy atom. The number of nitrogens with zero attached hydrogens (tertiary/aromatic N) is 1. The second-order valence-electron chi connectivity index (χ2n) is 3.96. The SMILES string of the molecule is CCCCN(CCBr)C(=O)c1ccc(Cl)c(F)c1. The molecule has 0 fully saturated rings. The molecule has 0 heterocycles. The highest BCUT2D eigenvalue weighted by atomic mass is 79.9. The minimum Gasteiger partial charge on any atom is -0.338 e. The van der Waals surface area contributed by atoms with E-state index in [1.807, 2.05) is 0 Å². The zero-order valence-corrected chi connectivity index (χ0v) is 12.6. The van der Waals surface area contributed by atoms with Crippen LogP contribution in [0.5, 0.6) is 0 Å². The first-order valence-corrected chi connectivity index (χ1v) is 7.40. The molecule has 0 spiro atoms. The van der Waals surface area contributed by atoms with Crippen LogP contribution >= 0.6 is 27.5 Å². The number of alkyl halides is 1. The maximum absolute atomic E-state index is 13.3. The zero-order valence-electron chi connectivity index (χ0n) is 10.3. The number of carbonyl (C=O) groups is 1. The summed E-state index contributed by atoms with van der Waals surface area (Å²) in [6.45, 7) is 3.37. The van der Waals surface area contributed by atoms with E-state index in [-0.39, 0.29) is 10.9 Å². The predicted molar refractivity (Wildman–Crippen MR) is 76.0 cm³/mol. The molecule has 0 saturated carbocycles. The Balaban J connectivity index is 2.83. The number of hydrogen-bond acceptors (Lipinski definition) is 1. The summed E-state index contributed by atoms with van der Waals surface area (Å²) < 4.78 is 13.3. The maximum atomic E-state index is 13.3. The Bertz CT molecular complexity index is 414. The van der Waals surface area contributed by atoms with E-state index in [0.29, 0.717) is 24.0 Å². The van der Waals surface area contributed by atoms with E-state index in [2.05, 4.69) is 22.9 Å². The van der Waals surface area contributed by atoms with Crippen LogP contribution < -0.4 is 0 Å². The van der Waals surface area contributed by atoms with E-state index in [1.54, 1.807) is 11.0 Å². The summed E-state index contributed by atoms with van der Waals surface area (Å²) in [5.74, 6) is -0.713. The molecule has 0 bridgehead atoms. The number of halogens is 3. The van der Waals surface area contributed by atoms with Gasteiger partial charge in [0, 0.05) is 24.0 Å². The van der Waals surface area contributed by atoms with Gasteiger partial charge in [-0.05, 0) is 24.6 Å². The second-order valence-corrected chi connectivity index (χ2v) is 5.16. The standard InChI is InChI=1S/C13H16BrClFNO/c1-2-3-7-17(8-6-14)13(18)10-4-5-11(15)12(16)9-10/h4-5,9H,2-3,6-8H2,1H3. The highest BCUT2D eigenvalue weighted by molar-refractivity contribution is 9.09. The molecule has 0 radical (unpaired) electrons. The average molecular weight is 337 g/mol. The summed E-state index contributed by atoms with van der Waals surface area (Å²) >= 11 is 8.92. The van der Waals surface area contributed by atoms with Gasteiger partial charge in [-0.3, -0.25) is 4.79 Å². The van der Waals surface area contributed by atoms with Gasteiger partial charge in [0.25, 0.3) is 5.91 Å². The minimum atomic E-state index is -0.559. The molecule has 0 atom stereocenters. The third-order valence-electron chi connectivity index (χ3n) is 2.59. The summed E-state index contributed by atoms with van der Waals surface area (Å²) in [4.78, 5) is 13.9. The normalized spacial score (nSPS) is 10.4. The van der Waals surface area contributed by atoms with Gasteiger partial charge in [0.15, 0.2) is 0 Å². The van der Waals surface area contributed by atoms with Crippen molar-refractivity contribution in [1.29, 1.82) is 0 Å². The van der Waals surface area contributed by atoms with Crippen LogP contribution in [0.15, 0.2) is 18.2 Å². The smallest absolute Gasteiger partial charge is 0.253 e. The van der Waals surface area contributed by atoms with Gasteiger partial charge in [-0.1, -0.05) is 40.9 Å². The van der Waals surface area contributed by atoms with Crippen molar-refractivity contribution >= 4 is 33.4 Å². The molecule has 1 rings (SSSR count). The number of unbranched alkanes of at least 4 members (excludes halogenated alkanes) is 1.